The lowest BCUT2D eigenvalue weighted by atomic mass is 10.1. The number of hydrogen-bond acceptors (Lipinski definition) is 2. The molecule has 0 fully saturated rings. The molecule has 108 valence electrons. The molecule has 0 N–H and O–H groups in total. The van der Waals surface area contributed by atoms with Crippen molar-refractivity contribution in [1.29, 1.82) is 0 Å². The Bertz CT molecular complexity index is 583. The first-order valence-corrected chi connectivity index (χ1v) is 8.33. The van der Waals surface area contributed by atoms with Crippen molar-refractivity contribution < 1.29 is 0 Å². The van der Waals surface area contributed by atoms with Crippen LogP contribution in [0.4, 0.5) is 0 Å². The van der Waals surface area contributed by atoms with Crippen LogP contribution in [0, 0.1) is 0 Å². The molecule has 0 amide bonds. The fourth-order valence-electron chi connectivity index (χ4n) is 2.45. The van der Waals surface area contributed by atoms with Crippen LogP contribution in [0.2, 0.25) is 0 Å². The lowest BCUT2D eigenvalue weighted by Gasteiger charge is -2.09. The van der Waals surface area contributed by atoms with Gasteiger partial charge >= 0.3 is 4.87 Å². The molecule has 0 aliphatic rings. The molecular formula is C17H23NOS. The molecule has 0 unspecified atom stereocenters. The van der Waals surface area contributed by atoms with Crippen molar-refractivity contribution in [2.45, 2.75) is 52.5 Å². The van der Waals surface area contributed by atoms with Gasteiger partial charge in [0.1, 0.15) is 0 Å². The van der Waals surface area contributed by atoms with Crippen molar-refractivity contribution >= 4 is 11.3 Å². The van der Waals surface area contributed by atoms with Crippen molar-refractivity contribution in [3.8, 4) is 0 Å². The molecule has 0 radical (unpaired) electrons. The molecule has 2 nitrogen and oxygen atoms in total. The number of aryl methyl sites for hydroxylation is 1. The van der Waals surface area contributed by atoms with Gasteiger partial charge in [-0.1, -0.05) is 68.4 Å². The number of nitrogens with zero attached hydrogens (tertiary/aromatic N) is 1. The number of thiazole rings is 1. The summed E-state index contributed by atoms with van der Waals surface area (Å²) in [6.45, 7) is 5.08. The van der Waals surface area contributed by atoms with E-state index in [0.29, 0.717) is 6.54 Å². The van der Waals surface area contributed by atoms with Crippen LogP contribution in [0.5, 0.6) is 0 Å². The van der Waals surface area contributed by atoms with Gasteiger partial charge in [-0.25, -0.2) is 0 Å². The zero-order valence-electron chi connectivity index (χ0n) is 12.4. The smallest absolute Gasteiger partial charge is 0.298 e. The Labute approximate surface area is 125 Å². The molecule has 0 aliphatic carbocycles. The van der Waals surface area contributed by atoms with Gasteiger partial charge in [0.2, 0.25) is 0 Å². The highest BCUT2D eigenvalue weighted by molar-refractivity contribution is 7.09. The van der Waals surface area contributed by atoms with E-state index in [4.69, 9.17) is 0 Å². The minimum absolute atomic E-state index is 0.198. The van der Waals surface area contributed by atoms with Gasteiger partial charge in [0.25, 0.3) is 0 Å². The topological polar surface area (TPSA) is 22.0 Å². The second kappa shape index (κ2) is 7.44. The minimum atomic E-state index is 0.198. The summed E-state index contributed by atoms with van der Waals surface area (Å²) in [6.07, 6.45) is 5.48. The van der Waals surface area contributed by atoms with E-state index in [1.165, 1.54) is 33.9 Å². The van der Waals surface area contributed by atoms with Gasteiger partial charge in [0.15, 0.2) is 0 Å². The Morgan fingerprint density at radius 1 is 1.05 bits per heavy atom. The van der Waals surface area contributed by atoms with Gasteiger partial charge in [-0.15, -0.1) is 0 Å². The number of benzene rings is 1. The minimum Gasteiger partial charge on any atom is -0.298 e. The largest absolute Gasteiger partial charge is 0.307 e. The first-order chi connectivity index (χ1) is 9.76. The Kier molecular flexibility index (Phi) is 5.60. The van der Waals surface area contributed by atoms with E-state index in [0.717, 1.165) is 25.7 Å². The van der Waals surface area contributed by atoms with Gasteiger partial charge in [0.05, 0.1) is 6.54 Å². The molecule has 0 spiro atoms. The molecule has 1 aromatic heterocycles. The molecule has 2 aromatic rings. The number of rotatable bonds is 7. The van der Waals surface area contributed by atoms with Gasteiger partial charge in [-0.2, -0.15) is 0 Å². The SMILES string of the molecule is CCCCc1c(CCC)sc(=O)n1Cc1ccccc1. The molecule has 0 atom stereocenters. The van der Waals surface area contributed by atoms with Crippen LogP contribution in [0.3, 0.4) is 0 Å². The standard InChI is InChI=1S/C17H23NOS/c1-3-5-12-15-16(9-4-2)20-17(19)18(15)13-14-10-7-6-8-11-14/h6-8,10-11H,3-5,9,12-13H2,1-2H3. The second-order valence-electron chi connectivity index (χ2n) is 5.16. The predicted octanol–water partition coefficient (Wildman–Crippen LogP) is 4.25. The van der Waals surface area contributed by atoms with Crippen LogP contribution in [0.1, 0.15) is 49.2 Å². The summed E-state index contributed by atoms with van der Waals surface area (Å²) in [5.74, 6) is 0. The first kappa shape index (κ1) is 15.0. The van der Waals surface area contributed by atoms with E-state index < -0.39 is 0 Å². The van der Waals surface area contributed by atoms with Crippen molar-refractivity contribution in [2.75, 3.05) is 0 Å². The summed E-state index contributed by atoms with van der Waals surface area (Å²) >= 11 is 1.44. The third-order valence-electron chi connectivity index (χ3n) is 3.51. The molecule has 1 heterocycles. The lowest BCUT2D eigenvalue weighted by Crippen LogP contribution is -2.17. The van der Waals surface area contributed by atoms with E-state index in [-0.39, 0.29) is 4.87 Å². The molecule has 3 heteroatoms. The highest BCUT2D eigenvalue weighted by Gasteiger charge is 2.13. The molecule has 2 rings (SSSR count). The lowest BCUT2D eigenvalue weighted by molar-refractivity contribution is 0.674. The fourth-order valence-corrected chi connectivity index (χ4v) is 3.58. The zero-order chi connectivity index (χ0) is 14.4. The molecule has 20 heavy (non-hydrogen) atoms. The Hall–Kier alpha value is -1.35. The molecule has 0 saturated heterocycles. The number of aromatic nitrogens is 1. The highest BCUT2D eigenvalue weighted by Crippen LogP contribution is 2.19. The van der Waals surface area contributed by atoms with E-state index >= 15 is 0 Å². The van der Waals surface area contributed by atoms with Crippen LogP contribution in [-0.2, 0) is 19.4 Å². The maximum atomic E-state index is 12.3. The van der Waals surface area contributed by atoms with Gasteiger partial charge in [0, 0.05) is 10.6 Å². The summed E-state index contributed by atoms with van der Waals surface area (Å²) in [7, 11) is 0. The number of unbranched alkanes of at least 4 members (excludes halogenated alkanes) is 1. The predicted molar refractivity (Wildman–Crippen MR) is 86.7 cm³/mol. The van der Waals surface area contributed by atoms with E-state index in [1.54, 1.807) is 0 Å². The molecule has 0 saturated carbocycles. The second-order valence-corrected chi connectivity index (χ2v) is 6.21. The molecule has 1 aromatic carbocycles. The van der Waals surface area contributed by atoms with E-state index in [9.17, 15) is 4.79 Å². The number of hydrogen-bond donors (Lipinski definition) is 0. The summed E-state index contributed by atoms with van der Waals surface area (Å²) in [4.78, 5) is 13.8. The summed E-state index contributed by atoms with van der Waals surface area (Å²) in [6, 6.07) is 10.3. The summed E-state index contributed by atoms with van der Waals surface area (Å²) in [5.41, 5.74) is 2.47. The van der Waals surface area contributed by atoms with Crippen LogP contribution >= 0.6 is 11.3 Å². The van der Waals surface area contributed by atoms with Crippen LogP contribution in [-0.4, -0.2) is 4.57 Å². The van der Waals surface area contributed by atoms with Crippen molar-refractivity contribution in [2.24, 2.45) is 0 Å². The van der Waals surface area contributed by atoms with Gasteiger partial charge in [-0.3, -0.25) is 9.36 Å². The van der Waals surface area contributed by atoms with Crippen molar-refractivity contribution in [3.05, 3.63) is 56.1 Å². The Morgan fingerprint density at radius 2 is 1.80 bits per heavy atom. The van der Waals surface area contributed by atoms with E-state index in [1.807, 2.05) is 22.8 Å². The normalized spacial score (nSPS) is 10.9. The molecule has 0 bridgehead atoms. The van der Waals surface area contributed by atoms with Gasteiger partial charge in [-0.05, 0) is 24.8 Å². The monoisotopic (exact) mass is 289 g/mol. The van der Waals surface area contributed by atoms with Crippen LogP contribution in [0.25, 0.3) is 0 Å². The van der Waals surface area contributed by atoms with Crippen LogP contribution < -0.4 is 4.87 Å². The third kappa shape index (κ3) is 3.60. The van der Waals surface area contributed by atoms with Crippen molar-refractivity contribution in [3.63, 3.8) is 0 Å². The van der Waals surface area contributed by atoms with Crippen molar-refractivity contribution in [1.82, 2.24) is 4.57 Å². The average molecular weight is 289 g/mol. The zero-order valence-corrected chi connectivity index (χ0v) is 13.2. The fraction of sp³-hybridized carbons (Fsp3) is 0.471. The quantitative estimate of drug-likeness (QED) is 0.746. The molecular weight excluding hydrogens is 266 g/mol. The molecule has 0 aliphatic heterocycles. The van der Waals surface area contributed by atoms with Gasteiger partial charge < -0.3 is 0 Å². The first-order valence-electron chi connectivity index (χ1n) is 7.51. The van der Waals surface area contributed by atoms with E-state index in [2.05, 4.69) is 26.0 Å². The summed E-state index contributed by atoms with van der Waals surface area (Å²) < 4.78 is 1.99. The summed E-state index contributed by atoms with van der Waals surface area (Å²) in [5, 5.41) is 0. The highest BCUT2D eigenvalue weighted by atomic mass is 32.1. The Balaban J connectivity index is 2.32. The third-order valence-corrected chi connectivity index (χ3v) is 4.59. The average Bonchev–Trinajstić information content (AvgIpc) is 2.74. The van der Waals surface area contributed by atoms with Crippen LogP contribution in [0.15, 0.2) is 35.1 Å². The maximum Gasteiger partial charge on any atom is 0.307 e. The maximum absolute atomic E-state index is 12.3. The Morgan fingerprint density at radius 3 is 2.45 bits per heavy atom.